The van der Waals surface area contributed by atoms with E-state index in [1.54, 1.807) is 42.5 Å². The van der Waals surface area contributed by atoms with Crippen LogP contribution < -0.4 is 0 Å². The number of hydrogen-bond acceptors (Lipinski definition) is 5. The molecule has 0 fully saturated rings. The van der Waals surface area contributed by atoms with Crippen molar-refractivity contribution in [3.63, 3.8) is 0 Å². The number of amides is 2. The summed E-state index contributed by atoms with van der Waals surface area (Å²) in [6, 6.07) is 14.5. The van der Waals surface area contributed by atoms with Gasteiger partial charge in [-0.25, -0.2) is 0 Å². The van der Waals surface area contributed by atoms with Crippen molar-refractivity contribution in [3.8, 4) is 0 Å². The van der Waals surface area contributed by atoms with Crippen molar-refractivity contribution in [2.45, 2.75) is 0 Å². The molecule has 0 aliphatic carbocycles. The third-order valence-electron chi connectivity index (χ3n) is 4.21. The van der Waals surface area contributed by atoms with Crippen LogP contribution in [0.1, 0.15) is 26.3 Å². The highest BCUT2D eigenvalue weighted by Crippen LogP contribution is 2.33. The molecule has 0 atom stereocenters. The summed E-state index contributed by atoms with van der Waals surface area (Å²) >= 11 is 3.33. The van der Waals surface area contributed by atoms with E-state index < -0.39 is 16.7 Å². The lowest BCUT2D eigenvalue weighted by molar-refractivity contribution is -0.384. The average molecular weight is 424 g/mol. The van der Waals surface area contributed by atoms with Gasteiger partial charge in [0.25, 0.3) is 17.5 Å². The summed E-state index contributed by atoms with van der Waals surface area (Å²) in [6.45, 7) is 0. The minimum absolute atomic E-state index is 0.0855. The summed E-state index contributed by atoms with van der Waals surface area (Å²) in [7, 11) is 0. The molecule has 0 bridgehead atoms. The zero-order valence-electron chi connectivity index (χ0n) is 13.6. The Labute approximate surface area is 161 Å². The lowest BCUT2D eigenvalue weighted by Crippen LogP contribution is -2.36. The van der Waals surface area contributed by atoms with Crippen molar-refractivity contribution in [2.75, 3.05) is 0 Å². The van der Waals surface area contributed by atoms with E-state index in [-0.39, 0.29) is 16.8 Å². The number of non-ortho nitro benzene ring substituents is 1. The first-order chi connectivity index (χ1) is 13.0. The van der Waals surface area contributed by atoms with Crippen LogP contribution in [0, 0.1) is 10.1 Å². The molecule has 1 aliphatic rings. The fraction of sp³-hybridized carbons (Fsp3) is 0. The molecule has 3 aromatic rings. The second-order valence-electron chi connectivity index (χ2n) is 5.87. The van der Waals surface area contributed by atoms with E-state index in [9.17, 15) is 19.7 Å². The van der Waals surface area contributed by atoms with Crippen LogP contribution in [-0.4, -0.2) is 28.0 Å². The van der Waals surface area contributed by atoms with Gasteiger partial charge in [0.05, 0.1) is 22.3 Å². The van der Waals surface area contributed by atoms with Crippen LogP contribution in [0.5, 0.6) is 0 Å². The first kappa shape index (κ1) is 17.0. The average Bonchev–Trinajstić information content (AvgIpc) is 2.66. The normalized spacial score (nSPS) is 13.6. The van der Waals surface area contributed by atoms with E-state index >= 15 is 0 Å². The van der Waals surface area contributed by atoms with Gasteiger partial charge in [-0.05, 0) is 29.1 Å². The molecule has 1 aliphatic heterocycles. The van der Waals surface area contributed by atoms with Crippen LogP contribution in [0.15, 0.2) is 64.2 Å². The zero-order valence-corrected chi connectivity index (χ0v) is 15.2. The van der Waals surface area contributed by atoms with Gasteiger partial charge in [0, 0.05) is 22.0 Å². The highest BCUT2D eigenvalue weighted by molar-refractivity contribution is 9.10. The summed E-state index contributed by atoms with van der Waals surface area (Å²) in [5.41, 5.74) is 0.850. The minimum atomic E-state index is -0.694. The number of halogens is 1. The molecule has 0 aromatic heterocycles. The highest BCUT2D eigenvalue weighted by atomic mass is 79.9. The molecular weight excluding hydrogens is 414 g/mol. The molecule has 0 unspecified atom stereocenters. The molecular formula is C19H10BrN3O4. The van der Waals surface area contributed by atoms with Gasteiger partial charge in [0.2, 0.25) is 0 Å². The van der Waals surface area contributed by atoms with Gasteiger partial charge >= 0.3 is 0 Å². The Balaban J connectivity index is 1.83. The van der Waals surface area contributed by atoms with Gasteiger partial charge in [-0.3, -0.25) is 19.7 Å². The van der Waals surface area contributed by atoms with Gasteiger partial charge in [-0.1, -0.05) is 40.2 Å². The molecule has 1 heterocycles. The standard InChI is InChI=1S/C19H10BrN3O4/c20-13-6-4-11(5-7-13)10-21-22-18(24)15-3-1-2-12-8-14(23(26)27)9-16(17(12)15)19(22)25/h1-10H. The summed E-state index contributed by atoms with van der Waals surface area (Å²) in [5.74, 6) is -1.26. The number of imide groups is 1. The van der Waals surface area contributed by atoms with Crippen LogP contribution in [0.2, 0.25) is 0 Å². The van der Waals surface area contributed by atoms with Crippen molar-refractivity contribution in [1.29, 1.82) is 0 Å². The van der Waals surface area contributed by atoms with Gasteiger partial charge in [0.15, 0.2) is 0 Å². The van der Waals surface area contributed by atoms with Crippen molar-refractivity contribution < 1.29 is 14.5 Å². The largest absolute Gasteiger partial charge is 0.282 e. The summed E-state index contributed by atoms with van der Waals surface area (Å²) in [4.78, 5) is 36.2. The Hall–Kier alpha value is -3.39. The summed E-state index contributed by atoms with van der Waals surface area (Å²) < 4.78 is 0.887. The van der Waals surface area contributed by atoms with Gasteiger partial charge < -0.3 is 0 Å². The molecule has 0 radical (unpaired) electrons. The lowest BCUT2D eigenvalue weighted by atomic mass is 9.94. The molecule has 2 amide bonds. The van der Waals surface area contributed by atoms with Crippen molar-refractivity contribution in [2.24, 2.45) is 5.10 Å². The number of carbonyl (C=O) groups excluding carboxylic acids is 2. The van der Waals surface area contributed by atoms with Crippen molar-refractivity contribution >= 4 is 50.4 Å². The van der Waals surface area contributed by atoms with Crippen molar-refractivity contribution in [3.05, 3.63) is 85.9 Å². The predicted octanol–water partition coefficient (Wildman–Crippen LogP) is 4.14. The van der Waals surface area contributed by atoms with Crippen molar-refractivity contribution in [1.82, 2.24) is 5.01 Å². The van der Waals surface area contributed by atoms with E-state index in [4.69, 9.17) is 0 Å². The predicted molar refractivity (Wildman–Crippen MR) is 103 cm³/mol. The summed E-state index contributed by atoms with van der Waals surface area (Å²) in [6.07, 6.45) is 1.39. The van der Waals surface area contributed by atoms with Gasteiger partial charge in [-0.2, -0.15) is 10.1 Å². The Kier molecular flexibility index (Phi) is 4.04. The SMILES string of the molecule is O=C1c2cccc3cc([N+](=O)[O-])cc(c23)C(=O)N1N=Cc1ccc(Br)cc1. The molecule has 0 saturated heterocycles. The Morgan fingerprint density at radius 1 is 1.00 bits per heavy atom. The van der Waals surface area contributed by atoms with Crippen LogP contribution in [-0.2, 0) is 0 Å². The maximum Gasteiger partial charge on any atom is 0.282 e. The first-order valence-electron chi connectivity index (χ1n) is 7.85. The highest BCUT2D eigenvalue weighted by Gasteiger charge is 2.34. The van der Waals surface area contributed by atoms with Crippen LogP contribution >= 0.6 is 15.9 Å². The molecule has 132 valence electrons. The minimum Gasteiger partial charge on any atom is -0.267 e. The second kappa shape index (κ2) is 6.40. The molecule has 8 heteroatoms. The van der Waals surface area contributed by atoms with E-state index in [2.05, 4.69) is 21.0 Å². The van der Waals surface area contributed by atoms with E-state index in [0.29, 0.717) is 16.3 Å². The number of nitrogens with zero attached hydrogens (tertiary/aromatic N) is 3. The quantitative estimate of drug-likeness (QED) is 0.273. The summed E-state index contributed by atoms with van der Waals surface area (Å²) in [5, 5.41) is 16.8. The number of hydrazone groups is 1. The van der Waals surface area contributed by atoms with E-state index in [1.165, 1.54) is 18.3 Å². The number of nitro groups is 1. The van der Waals surface area contributed by atoms with Gasteiger partial charge in [-0.15, -0.1) is 0 Å². The molecule has 0 N–H and O–H groups in total. The van der Waals surface area contributed by atoms with Gasteiger partial charge in [0.1, 0.15) is 0 Å². The molecule has 0 spiro atoms. The lowest BCUT2D eigenvalue weighted by Gasteiger charge is -2.22. The molecule has 3 aromatic carbocycles. The Morgan fingerprint density at radius 3 is 2.41 bits per heavy atom. The number of carbonyl (C=O) groups is 2. The van der Waals surface area contributed by atoms with Crippen LogP contribution in [0.3, 0.4) is 0 Å². The van der Waals surface area contributed by atoms with Crippen LogP contribution in [0.4, 0.5) is 5.69 Å². The second-order valence-corrected chi connectivity index (χ2v) is 6.79. The Morgan fingerprint density at radius 2 is 1.70 bits per heavy atom. The Bertz CT molecular complexity index is 1160. The number of rotatable bonds is 3. The molecule has 4 rings (SSSR count). The zero-order chi connectivity index (χ0) is 19.1. The molecule has 7 nitrogen and oxygen atoms in total. The van der Waals surface area contributed by atoms with E-state index in [0.717, 1.165) is 9.48 Å². The molecule has 0 saturated carbocycles. The maximum absolute atomic E-state index is 12.8. The number of nitro benzene ring substituents is 1. The third-order valence-corrected chi connectivity index (χ3v) is 4.74. The van der Waals surface area contributed by atoms with Crippen LogP contribution in [0.25, 0.3) is 10.8 Å². The van der Waals surface area contributed by atoms with E-state index in [1.807, 2.05) is 0 Å². The number of benzene rings is 3. The smallest absolute Gasteiger partial charge is 0.267 e. The number of hydrogen-bond donors (Lipinski definition) is 0. The fourth-order valence-corrected chi connectivity index (χ4v) is 3.23. The fourth-order valence-electron chi connectivity index (χ4n) is 2.96. The molecule has 27 heavy (non-hydrogen) atoms. The third kappa shape index (κ3) is 2.89. The first-order valence-corrected chi connectivity index (χ1v) is 8.64. The monoisotopic (exact) mass is 423 g/mol. The maximum atomic E-state index is 12.8. The topological polar surface area (TPSA) is 92.9 Å².